The van der Waals surface area contributed by atoms with Crippen molar-refractivity contribution < 1.29 is 19.4 Å². The average molecular weight is 313 g/mol. The Bertz CT molecular complexity index is 501. The van der Waals surface area contributed by atoms with Crippen LogP contribution in [-0.4, -0.2) is 29.7 Å². The fourth-order valence-electron chi connectivity index (χ4n) is 2.52. The molecule has 1 aromatic rings. The molecule has 1 unspecified atom stereocenters. The van der Waals surface area contributed by atoms with Crippen molar-refractivity contribution in [3.8, 4) is 11.5 Å². The molecule has 116 valence electrons. The number of hydrogen-bond donors (Lipinski definition) is 1. The number of aliphatic carboxylic acids is 1. The number of ether oxygens (including phenoxy) is 2. The first-order valence-electron chi connectivity index (χ1n) is 7.40. The third-order valence-corrected chi connectivity index (χ3v) is 3.81. The molecule has 2 rings (SSSR count). The van der Waals surface area contributed by atoms with E-state index < -0.39 is 12.1 Å². The van der Waals surface area contributed by atoms with Crippen molar-refractivity contribution in [2.45, 2.75) is 45.1 Å². The standard InChI is InChI=1S/C16H21ClO4/c1-2-4-12-13(20-10-3-9-17)7-5-11-6-8-14(16(18)19)21-15(11)12/h5,7,14H,2-4,6,8-10H2,1H3,(H,18,19). The highest BCUT2D eigenvalue weighted by atomic mass is 35.5. The zero-order valence-corrected chi connectivity index (χ0v) is 13.0. The number of halogens is 1. The highest BCUT2D eigenvalue weighted by Gasteiger charge is 2.28. The van der Waals surface area contributed by atoms with Crippen LogP contribution in [0, 0.1) is 0 Å². The van der Waals surface area contributed by atoms with Gasteiger partial charge in [0, 0.05) is 11.4 Å². The molecule has 1 N–H and O–H groups in total. The van der Waals surface area contributed by atoms with Gasteiger partial charge in [0.25, 0.3) is 0 Å². The van der Waals surface area contributed by atoms with Gasteiger partial charge in [-0.25, -0.2) is 4.79 Å². The van der Waals surface area contributed by atoms with Crippen LogP contribution in [0.1, 0.15) is 37.3 Å². The van der Waals surface area contributed by atoms with E-state index in [2.05, 4.69) is 6.92 Å². The first-order valence-corrected chi connectivity index (χ1v) is 7.93. The average Bonchev–Trinajstić information content (AvgIpc) is 2.49. The Morgan fingerprint density at radius 2 is 2.33 bits per heavy atom. The molecule has 1 atom stereocenters. The summed E-state index contributed by atoms with van der Waals surface area (Å²) in [6.45, 7) is 2.64. The number of carboxylic acid groups (broad SMARTS) is 1. The third-order valence-electron chi connectivity index (χ3n) is 3.55. The van der Waals surface area contributed by atoms with E-state index in [0.717, 1.165) is 42.6 Å². The highest BCUT2D eigenvalue weighted by molar-refractivity contribution is 6.17. The van der Waals surface area contributed by atoms with Gasteiger partial charge in [-0.2, -0.15) is 0 Å². The molecule has 0 spiro atoms. The Kier molecular flexibility index (Phi) is 5.74. The van der Waals surface area contributed by atoms with Crippen molar-refractivity contribution in [3.05, 3.63) is 23.3 Å². The van der Waals surface area contributed by atoms with Gasteiger partial charge < -0.3 is 14.6 Å². The van der Waals surface area contributed by atoms with Gasteiger partial charge in [0.15, 0.2) is 6.10 Å². The fourth-order valence-corrected chi connectivity index (χ4v) is 2.63. The second-order valence-electron chi connectivity index (χ2n) is 5.15. The maximum atomic E-state index is 11.2. The Labute approximate surface area is 130 Å². The van der Waals surface area contributed by atoms with Gasteiger partial charge in [-0.15, -0.1) is 11.6 Å². The monoisotopic (exact) mass is 312 g/mol. The summed E-state index contributed by atoms with van der Waals surface area (Å²) in [5.41, 5.74) is 2.05. The van der Waals surface area contributed by atoms with Crippen molar-refractivity contribution in [2.75, 3.05) is 12.5 Å². The molecule has 5 heteroatoms. The zero-order chi connectivity index (χ0) is 15.2. The molecule has 1 aliphatic rings. The van der Waals surface area contributed by atoms with Crippen LogP contribution in [0.15, 0.2) is 12.1 Å². The van der Waals surface area contributed by atoms with Crippen LogP contribution in [0.5, 0.6) is 11.5 Å². The van der Waals surface area contributed by atoms with Crippen LogP contribution in [-0.2, 0) is 17.6 Å². The number of aryl methyl sites for hydroxylation is 1. The lowest BCUT2D eigenvalue weighted by molar-refractivity contribution is -0.145. The molecule has 0 aliphatic carbocycles. The lowest BCUT2D eigenvalue weighted by atomic mass is 9.96. The third kappa shape index (κ3) is 3.82. The Balaban J connectivity index is 2.28. The summed E-state index contributed by atoms with van der Waals surface area (Å²) in [7, 11) is 0. The van der Waals surface area contributed by atoms with Crippen LogP contribution < -0.4 is 9.47 Å². The Morgan fingerprint density at radius 1 is 1.52 bits per heavy atom. The first-order chi connectivity index (χ1) is 10.2. The minimum atomic E-state index is -0.906. The molecule has 0 radical (unpaired) electrons. The molecule has 0 bridgehead atoms. The van der Waals surface area contributed by atoms with Crippen LogP contribution in [0.4, 0.5) is 0 Å². The molecule has 1 heterocycles. The lowest BCUT2D eigenvalue weighted by Crippen LogP contribution is -2.31. The summed E-state index contributed by atoms with van der Waals surface area (Å²) in [6.07, 6.45) is 3.02. The van der Waals surface area contributed by atoms with Gasteiger partial charge in [-0.1, -0.05) is 19.4 Å². The second-order valence-corrected chi connectivity index (χ2v) is 5.53. The van der Waals surface area contributed by atoms with Gasteiger partial charge in [-0.3, -0.25) is 0 Å². The summed E-state index contributed by atoms with van der Waals surface area (Å²) < 4.78 is 11.5. The molecule has 0 amide bonds. The van der Waals surface area contributed by atoms with Gasteiger partial charge in [-0.05, 0) is 37.3 Å². The van der Waals surface area contributed by atoms with E-state index in [1.54, 1.807) is 0 Å². The number of hydrogen-bond acceptors (Lipinski definition) is 3. The number of carbonyl (C=O) groups is 1. The molecule has 4 nitrogen and oxygen atoms in total. The molecule has 21 heavy (non-hydrogen) atoms. The quantitative estimate of drug-likeness (QED) is 0.619. The van der Waals surface area contributed by atoms with Gasteiger partial charge in [0.1, 0.15) is 11.5 Å². The summed E-state index contributed by atoms with van der Waals surface area (Å²) >= 11 is 5.67. The molecule has 1 aliphatic heterocycles. The SMILES string of the molecule is CCCc1c(OCCCCl)ccc2c1OC(C(=O)O)CC2. The molecule has 0 saturated carbocycles. The van der Waals surface area contributed by atoms with E-state index in [1.165, 1.54) is 0 Å². The van der Waals surface area contributed by atoms with Crippen LogP contribution in [0.2, 0.25) is 0 Å². The molecule has 0 saturated heterocycles. The number of benzene rings is 1. The molecular weight excluding hydrogens is 292 g/mol. The van der Waals surface area contributed by atoms with E-state index >= 15 is 0 Å². The normalized spacial score (nSPS) is 17.0. The van der Waals surface area contributed by atoms with Gasteiger partial charge >= 0.3 is 5.97 Å². The lowest BCUT2D eigenvalue weighted by Gasteiger charge is -2.26. The predicted octanol–water partition coefficient (Wildman–Crippen LogP) is 3.43. The van der Waals surface area contributed by atoms with Crippen molar-refractivity contribution >= 4 is 17.6 Å². The fraction of sp³-hybridized carbons (Fsp3) is 0.562. The molecule has 0 fully saturated rings. The van der Waals surface area contributed by atoms with Gasteiger partial charge in [0.05, 0.1) is 6.61 Å². The molecule has 1 aromatic carbocycles. The smallest absolute Gasteiger partial charge is 0.344 e. The van der Waals surface area contributed by atoms with E-state index in [4.69, 9.17) is 26.2 Å². The van der Waals surface area contributed by atoms with Crippen LogP contribution >= 0.6 is 11.6 Å². The highest BCUT2D eigenvalue weighted by Crippen LogP contribution is 2.38. The van der Waals surface area contributed by atoms with Crippen molar-refractivity contribution in [1.29, 1.82) is 0 Å². The van der Waals surface area contributed by atoms with E-state index in [0.29, 0.717) is 24.7 Å². The van der Waals surface area contributed by atoms with Gasteiger partial charge in [0.2, 0.25) is 0 Å². The van der Waals surface area contributed by atoms with Crippen LogP contribution in [0.3, 0.4) is 0 Å². The van der Waals surface area contributed by atoms with E-state index in [-0.39, 0.29) is 0 Å². The van der Waals surface area contributed by atoms with E-state index in [1.807, 2.05) is 12.1 Å². The van der Waals surface area contributed by atoms with Crippen LogP contribution in [0.25, 0.3) is 0 Å². The summed E-state index contributed by atoms with van der Waals surface area (Å²) in [6, 6.07) is 3.94. The molecule has 0 aromatic heterocycles. The number of rotatable bonds is 7. The zero-order valence-electron chi connectivity index (χ0n) is 12.2. The summed E-state index contributed by atoms with van der Waals surface area (Å²) in [5, 5.41) is 9.16. The first kappa shape index (κ1) is 16.0. The van der Waals surface area contributed by atoms with Crippen molar-refractivity contribution in [1.82, 2.24) is 0 Å². The van der Waals surface area contributed by atoms with Crippen molar-refractivity contribution in [2.24, 2.45) is 0 Å². The summed E-state index contributed by atoms with van der Waals surface area (Å²) in [4.78, 5) is 11.2. The van der Waals surface area contributed by atoms with E-state index in [9.17, 15) is 4.79 Å². The topological polar surface area (TPSA) is 55.8 Å². The Hall–Kier alpha value is -1.42. The number of fused-ring (bicyclic) bond motifs is 1. The minimum absolute atomic E-state index is 0.514. The maximum absolute atomic E-state index is 11.2. The second kappa shape index (κ2) is 7.55. The molecular formula is C16H21ClO4. The number of carboxylic acids is 1. The largest absolute Gasteiger partial charge is 0.493 e. The predicted molar refractivity (Wildman–Crippen MR) is 81.6 cm³/mol. The summed E-state index contributed by atoms with van der Waals surface area (Å²) in [5.74, 6) is 1.15. The minimum Gasteiger partial charge on any atom is -0.493 e. The maximum Gasteiger partial charge on any atom is 0.344 e. The number of alkyl halides is 1. The Morgan fingerprint density at radius 3 is 3.00 bits per heavy atom. The van der Waals surface area contributed by atoms with Crippen molar-refractivity contribution in [3.63, 3.8) is 0 Å².